The van der Waals surface area contributed by atoms with Gasteiger partial charge in [0.2, 0.25) is 5.91 Å². The molecule has 4 rings (SSSR count). The van der Waals surface area contributed by atoms with Crippen LogP contribution in [0.5, 0.6) is 0 Å². The number of likely N-dealkylation sites (tertiary alicyclic amines) is 1. The first-order chi connectivity index (χ1) is 14.9. The molecule has 1 fully saturated rings. The number of rotatable bonds is 5. The summed E-state index contributed by atoms with van der Waals surface area (Å²) in [6.07, 6.45) is 4.46. The van der Waals surface area contributed by atoms with E-state index in [0.29, 0.717) is 25.1 Å². The van der Waals surface area contributed by atoms with E-state index in [1.54, 1.807) is 23.4 Å². The number of hydrogen-bond acceptors (Lipinski definition) is 3. The molecule has 2 N–H and O–H groups in total. The number of carbonyl (C=O) groups is 2. The van der Waals surface area contributed by atoms with Crippen LogP contribution in [-0.2, 0) is 11.2 Å². The van der Waals surface area contributed by atoms with E-state index in [4.69, 9.17) is 0 Å². The fourth-order valence-corrected chi connectivity index (χ4v) is 3.59. The van der Waals surface area contributed by atoms with Gasteiger partial charge >= 0.3 is 0 Å². The van der Waals surface area contributed by atoms with Gasteiger partial charge in [-0.2, -0.15) is 0 Å². The Labute approximate surface area is 176 Å². The minimum Gasteiger partial charge on any atom is -0.354 e. The van der Waals surface area contributed by atoms with E-state index in [-0.39, 0.29) is 18.1 Å². The Morgan fingerprint density at radius 1 is 1.16 bits per heavy atom. The van der Waals surface area contributed by atoms with Crippen LogP contribution in [0.1, 0.15) is 28.2 Å². The molecule has 160 valence electrons. The third-order valence-corrected chi connectivity index (χ3v) is 5.19. The van der Waals surface area contributed by atoms with Crippen molar-refractivity contribution in [2.75, 3.05) is 18.4 Å². The highest BCUT2D eigenvalue weighted by Gasteiger charge is 2.32. The van der Waals surface area contributed by atoms with Crippen LogP contribution in [0.4, 0.5) is 18.9 Å². The molecule has 0 saturated carbocycles. The van der Waals surface area contributed by atoms with E-state index < -0.39 is 29.3 Å². The topological polar surface area (TPSA) is 78.1 Å². The number of amides is 2. The van der Waals surface area contributed by atoms with Crippen molar-refractivity contribution in [1.82, 2.24) is 14.9 Å². The molecule has 0 radical (unpaired) electrons. The van der Waals surface area contributed by atoms with Gasteiger partial charge in [0.15, 0.2) is 17.5 Å². The molecule has 9 heteroatoms. The fraction of sp³-hybridized carbons (Fsp3) is 0.227. The molecule has 1 atom stereocenters. The third kappa shape index (κ3) is 4.60. The van der Waals surface area contributed by atoms with Crippen molar-refractivity contribution < 1.29 is 22.8 Å². The monoisotopic (exact) mass is 428 g/mol. The molecule has 3 heterocycles. The Morgan fingerprint density at radius 3 is 2.65 bits per heavy atom. The van der Waals surface area contributed by atoms with Crippen molar-refractivity contribution in [2.24, 2.45) is 5.92 Å². The van der Waals surface area contributed by atoms with Crippen LogP contribution in [0.15, 0.2) is 48.8 Å². The lowest BCUT2D eigenvalue weighted by atomic mass is 10.1. The molecule has 2 aromatic heterocycles. The standard InChI is InChI=1S/C22H19F3N4O2/c23-17-9-16(10-18(24)20(17)25)28-21(30)14-5-7-29(12-14)22(31)19-4-3-15(27-19)8-13-2-1-6-26-11-13/h1-4,6,9-11,14,27H,5,7-8,12H2,(H,28,30)/t14-/m0/s1. The van der Waals surface area contributed by atoms with Gasteiger partial charge in [-0.05, 0) is 30.2 Å². The molecule has 0 spiro atoms. The van der Waals surface area contributed by atoms with Gasteiger partial charge in [-0.3, -0.25) is 14.6 Å². The van der Waals surface area contributed by atoms with Crippen molar-refractivity contribution in [2.45, 2.75) is 12.8 Å². The molecule has 1 aromatic carbocycles. The summed E-state index contributed by atoms with van der Waals surface area (Å²) in [5, 5.41) is 2.39. The van der Waals surface area contributed by atoms with E-state index >= 15 is 0 Å². The van der Waals surface area contributed by atoms with Crippen LogP contribution in [0.3, 0.4) is 0 Å². The zero-order valence-corrected chi connectivity index (χ0v) is 16.4. The van der Waals surface area contributed by atoms with E-state index in [0.717, 1.165) is 23.4 Å². The molecule has 3 aromatic rings. The number of benzene rings is 1. The van der Waals surface area contributed by atoms with Crippen molar-refractivity contribution in [3.8, 4) is 0 Å². The number of hydrogen-bond donors (Lipinski definition) is 2. The average Bonchev–Trinajstić information content (AvgIpc) is 3.42. The highest BCUT2D eigenvalue weighted by atomic mass is 19.2. The van der Waals surface area contributed by atoms with Gasteiger partial charge in [0.05, 0.1) is 5.92 Å². The predicted octanol–water partition coefficient (Wildman–Crippen LogP) is 3.52. The number of aromatic nitrogens is 2. The van der Waals surface area contributed by atoms with Crippen LogP contribution in [-0.4, -0.2) is 39.8 Å². The van der Waals surface area contributed by atoms with Gasteiger partial charge in [0.25, 0.3) is 5.91 Å². The van der Waals surface area contributed by atoms with E-state index in [1.165, 1.54) is 0 Å². The maximum Gasteiger partial charge on any atom is 0.270 e. The fourth-order valence-electron chi connectivity index (χ4n) is 3.59. The summed E-state index contributed by atoms with van der Waals surface area (Å²) in [4.78, 5) is 33.9. The second-order valence-electron chi connectivity index (χ2n) is 7.42. The van der Waals surface area contributed by atoms with E-state index in [1.807, 2.05) is 18.2 Å². The number of carbonyl (C=O) groups excluding carboxylic acids is 2. The summed E-state index contributed by atoms with van der Waals surface area (Å²) in [5.41, 5.74) is 2.12. The van der Waals surface area contributed by atoms with Crippen LogP contribution < -0.4 is 5.32 Å². The first-order valence-electron chi connectivity index (χ1n) is 9.72. The van der Waals surface area contributed by atoms with Crippen molar-refractivity contribution in [3.63, 3.8) is 0 Å². The Balaban J connectivity index is 1.36. The molecule has 2 amide bonds. The molecule has 6 nitrogen and oxygen atoms in total. The Bertz CT molecular complexity index is 1090. The number of nitrogens with one attached hydrogen (secondary N) is 2. The molecule has 1 aliphatic rings. The third-order valence-electron chi connectivity index (χ3n) is 5.19. The zero-order chi connectivity index (χ0) is 22.0. The molecular weight excluding hydrogens is 409 g/mol. The second-order valence-corrected chi connectivity index (χ2v) is 7.42. The summed E-state index contributed by atoms with van der Waals surface area (Å²) in [5.74, 6) is -5.61. The van der Waals surface area contributed by atoms with Gasteiger partial charge < -0.3 is 15.2 Å². The lowest BCUT2D eigenvalue weighted by molar-refractivity contribution is -0.119. The number of anilines is 1. The zero-order valence-electron chi connectivity index (χ0n) is 16.4. The maximum absolute atomic E-state index is 13.3. The maximum atomic E-state index is 13.3. The van der Waals surface area contributed by atoms with Gasteiger partial charge in [0, 0.05) is 55.4 Å². The van der Waals surface area contributed by atoms with Crippen LogP contribution in [0, 0.1) is 23.4 Å². The average molecular weight is 428 g/mol. The number of aromatic amines is 1. The predicted molar refractivity (Wildman–Crippen MR) is 107 cm³/mol. The minimum atomic E-state index is -1.59. The summed E-state index contributed by atoms with van der Waals surface area (Å²) in [6, 6.07) is 8.75. The Morgan fingerprint density at radius 2 is 1.94 bits per heavy atom. The Kier molecular flexibility index (Phi) is 5.75. The highest BCUT2D eigenvalue weighted by Crippen LogP contribution is 2.23. The lowest BCUT2D eigenvalue weighted by Crippen LogP contribution is -2.31. The molecule has 31 heavy (non-hydrogen) atoms. The second kappa shape index (κ2) is 8.63. The molecule has 1 aliphatic heterocycles. The smallest absolute Gasteiger partial charge is 0.270 e. The number of pyridine rings is 1. The van der Waals surface area contributed by atoms with Crippen LogP contribution in [0.2, 0.25) is 0 Å². The molecule has 0 bridgehead atoms. The first-order valence-corrected chi connectivity index (χ1v) is 9.72. The van der Waals surface area contributed by atoms with E-state index in [9.17, 15) is 22.8 Å². The van der Waals surface area contributed by atoms with Crippen LogP contribution >= 0.6 is 0 Å². The lowest BCUT2D eigenvalue weighted by Gasteiger charge is -2.16. The molecule has 0 unspecified atom stereocenters. The van der Waals surface area contributed by atoms with Gasteiger partial charge in [-0.25, -0.2) is 13.2 Å². The normalized spacial score (nSPS) is 15.8. The summed E-state index contributed by atoms with van der Waals surface area (Å²) in [6.45, 7) is 0.549. The largest absolute Gasteiger partial charge is 0.354 e. The molecule has 1 saturated heterocycles. The number of H-pyrrole nitrogens is 1. The molecule has 0 aliphatic carbocycles. The van der Waals surface area contributed by atoms with Gasteiger partial charge in [-0.15, -0.1) is 0 Å². The number of halogens is 3. The van der Waals surface area contributed by atoms with Crippen molar-refractivity contribution in [3.05, 3.63) is 83.2 Å². The van der Waals surface area contributed by atoms with Crippen LogP contribution in [0.25, 0.3) is 0 Å². The van der Waals surface area contributed by atoms with E-state index in [2.05, 4.69) is 15.3 Å². The SMILES string of the molecule is O=C(Nc1cc(F)c(F)c(F)c1)[C@H]1CCN(C(=O)c2ccc(Cc3cccnc3)[nH]2)C1. The van der Waals surface area contributed by atoms with Crippen molar-refractivity contribution >= 4 is 17.5 Å². The van der Waals surface area contributed by atoms with Gasteiger partial charge in [-0.1, -0.05) is 6.07 Å². The summed E-state index contributed by atoms with van der Waals surface area (Å²) in [7, 11) is 0. The van der Waals surface area contributed by atoms with Crippen molar-refractivity contribution in [1.29, 1.82) is 0 Å². The van der Waals surface area contributed by atoms with Gasteiger partial charge in [0.1, 0.15) is 5.69 Å². The molecular formula is C22H19F3N4O2. The summed E-state index contributed by atoms with van der Waals surface area (Å²) >= 11 is 0. The first kappa shape index (κ1) is 20.6. The minimum absolute atomic E-state index is 0.171. The summed E-state index contributed by atoms with van der Waals surface area (Å²) < 4.78 is 39.7. The Hall–Kier alpha value is -3.62. The quantitative estimate of drug-likeness (QED) is 0.611. The number of nitrogens with zero attached hydrogens (tertiary/aromatic N) is 2. The highest BCUT2D eigenvalue weighted by molar-refractivity contribution is 5.96.